The zero-order valence-corrected chi connectivity index (χ0v) is 15.6. The number of alkyl halides is 3. The van der Waals surface area contributed by atoms with Crippen LogP contribution in [0.15, 0.2) is 24.7 Å². The molecule has 3 aromatic heterocycles. The molecular formula is C17H16ClF3N6O2. The highest BCUT2D eigenvalue weighted by Gasteiger charge is 2.28. The number of methoxy groups -OCH3 is 1. The molecule has 0 aliphatic heterocycles. The number of carbonyl (C=O) groups excluding carboxylic acids is 1. The molecule has 1 amide bonds. The maximum absolute atomic E-state index is 12.7. The minimum absolute atomic E-state index is 0.00630. The quantitative estimate of drug-likeness (QED) is 0.580. The van der Waals surface area contributed by atoms with Crippen LogP contribution < -0.4 is 15.4 Å². The van der Waals surface area contributed by atoms with Crippen molar-refractivity contribution in [2.45, 2.75) is 19.1 Å². The van der Waals surface area contributed by atoms with Crippen LogP contribution in [0.25, 0.3) is 10.9 Å². The van der Waals surface area contributed by atoms with Crippen LogP contribution in [0.1, 0.15) is 20.9 Å². The third kappa shape index (κ3) is 4.50. The van der Waals surface area contributed by atoms with Crippen LogP contribution in [0.3, 0.4) is 0 Å². The molecule has 29 heavy (non-hydrogen) atoms. The third-order valence-corrected chi connectivity index (χ3v) is 4.13. The summed E-state index contributed by atoms with van der Waals surface area (Å²) in [6.07, 6.45) is -1.69. The average Bonchev–Trinajstić information content (AvgIpc) is 3.07. The van der Waals surface area contributed by atoms with Gasteiger partial charge in [0.1, 0.15) is 10.7 Å². The number of hydrogen-bond acceptors (Lipinski definition) is 6. The Kier molecular flexibility index (Phi) is 4.71. The summed E-state index contributed by atoms with van der Waals surface area (Å²) in [6, 6.07) is 1.27. The number of nitrogens with zero attached hydrogens (tertiary/aromatic N) is 4. The molecule has 3 rings (SSSR count). The summed E-state index contributed by atoms with van der Waals surface area (Å²) in [4.78, 5) is 20.3. The normalized spacial score (nSPS) is 13.5. The summed E-state index contributed by atoms with van der Waals surface area (Å²) in [5.74, 6) is -0.844. The van der Waals surface area contributed by atoms with Gasteiger partial charge in [-0.3, -0.25) is 9.48 Å². The monoisotopic (exact) mass is 431 g/mol. The minimum Gasteiger partial charge on any atom is -0.491 e. The van der Waals surface area contributed by atoms with Crippen molar-refractivity contribution in [1.29, 1.82) is 0 Å². The van der Waals surface area contributed by atoms with E-state index in [4.69, 9.17) is 20.5 Å². The molecular weight excluding hydrogens is 413 g/mol. The first-order valence-corrected chi connectivity index (χ1v) is 8.46. The maximum atomic E-state index is 12.7. The molecule has 8 nitrogen and oxygen atoms in total. The zero-order valence-electron chi connectivity index (χ0n) is 17.8. The average molecular weight is 432 g/mol. The van der Waals surface area contributed by atoms with E-state index in [2.05, 4.69) is 20.4 Å². The molecule has 12 heteroatoms. The number of anilines is 2. The van der Waals surface area contributed by atoms with Gasteiger partial charge in [0.2, 0.25) is 0 Å². The van der Waals surface area contributed by atoms with E-state index in [-0.39, 0.29) is 33.5 Å². The van der Waals surface area contributed by atoms with Crippen molar-refractivity contribution in [3.8, 4) is 5.75 Å². The van der Waals surface area contributed by atoms with Crippen LogP contribution in [0, 0.1) is 0 Å². The van der Waals surface area contributed by atoms with Crippen LogP contribution in [0.2, 0.25) is 5.15 Å². The first kappa shape index (κ1) is 16.8. The second-order valence-electron chi connectivity index (χ2n) is 5.81. The minimum atomic E-state index is -4.38. The highest BCUT2D eigenvalue weighted by atomic mass is 35.5. The molecule has 0 fully saturated rings. The largest absolute Gasteiger partial charge is 0.491 e. The molecule has 0 radical (unpaired) electrons. The van der Waals surface area contributed by atoms with Crippen molar-refractivity contribution in [2.24, 2.45) is 0 Å². The van der Waals surface area contributed by atoms with Crippen LogP contribution in [-0.2, 0) is 6.54 Å². The molecule has 0 unspecified atom stereocenters. The standard InChI is InChI=1S/C17H16ClF3N6O2/c1-22-16(28)10-8-23-12(18)5-11(10)26-15-14(29-2)13-9(6-24-15)7-25-27(13)4-3-17(19,20)21/h5-8H,3-4H2,1-2H3,(H,22,28)(H,23,24,26)/i1D3. The molecule has 2 N–H and O–H groups in total. The van der Waals surface area contributed by atoms with E-state index in [1.165, 1.54) is 25.6 Å². The van der Waals surface area contributed by atoms with Crippen LogP contribution >= 0.6 is 11.6 Å². The Bertz CT molecular complexity index is 1150. The van der Waals surface area contributed by atoms with Gasteiger partial charge in [0.15, 0.2) is 11.6 Å². The Morgan fingerprint density at radius 2 is 2.14 bits per heavy atom. The fourth-order valence-corrected chi connectivity index (χ4v) is 2.80. The topological polar surface area (TPSA) is 94.0 Å². The molecule has 0 aromatic carbocycles. The number of carbonyl (C=O) groups is 1. The summed E-state index contributed by atoms with van der Waals surface area (Å²) in [7, 11) is 1.30. The van der Waals surface area contributed by atoms with Gasteiger partial charge in [0.25, 0.3) is 5.91 Å². The first-order valence-electron chi connectivity index (χ1n) is 9.58. The van der Waals surface area contributed by atoms with E-state index in [0.29, 0.717) is 5.39 Å². The highest BCUT2D eigenvalue weighted by Crippen LogP contribution is 2.35. The maximum Gasteiger partial charge on any atom is 0.390 e. The molecule has 0 saturated carbocycles. The van der Waals surface area contributed by atoms with Crippen LogP contribution in [0.4, 0.5) is 24.7 Å². The predicted octanol–water partition coefficient (Wildman–Crippen LogP) is 3.54. The highest BCUT2D eigenvalue weighted by molar-refractivity contribution is 6.29. The lowest BCUT2D eigenvalue weighted by molar-refractivity contribution is -0.137. The fourth-order valence-electron chi connectivity index (χ4n) is 2.64. The summed E-state index contributed by atoms with van der Waals surface area (Å²) in [5.41, 5.74) is 0.154. The summed E-state index contributed by atoms with van der Waals surface area (Å²) >= 11 is 5.92. The number of halogens is 4. The van der Waals surface area contributed by atoms with Gasteiger partial charge in [-0.2, -0.15) is 18.3 Å². The molecule has 0 saturated heterocycles. The summed E-state index contributed by atoms with van der Waals surface area (Å²) < 4.78 is 66.1. The Balaban J connectivity index is 2.02. The molecule has 3 aromatic rings. The van der Waals surface area contributed by atoms with Gasteiger partial charge in [-0.05, 0) is 6.07 Å². The van der Waals surface area contributed by atoms with Crippen LogP contribution in [0.5, 0.6) is 5.75 Å². The van der Waals surface area contributed by atoms with Gasteiger partial charge < -0.3 is 15.4 Å². The second kappa shape index (κ2) is 8.11. The summed E-state index contributed by atoms with van der Waals surface area (Å²) in [5, 5.41) is 9.05. The molecule has 0 bridgehead atoms. The summed E-state index contributed by atoms with van der Waals surface area (Å²) in [6.45, 7) is -3.19. The van der Waals surface area contributed by atoms with E-state index in [1.807, 2.05) is 5.32 Å². The van der Waals surface area contributed by atoms with Crippen molar-refractivity contribution in [3.05, 3.63) is 35.4 Å². The van der Waals surface area contributed by atoms with Crippen molar-refractivity contribution in [3.63, 3.8) is 0 Å². The van der Waals surface area contributed by atoms with Gasteiger partial charge in [-0.15, -0.1) is 0 Å². The third-order valence-electron chi connectivity index (χ3n) is 3.92. The molecule has 3 heterocycles. The number of amides is 1. The Morgan fingerprint density at radius 1 is 1.34 bits per heavy atom. The molecule has 0 spiro atoms. The van der Waals surface area contributed by atoms with Crippen LogP contribution in [-0.4, -0.2) is 45.9 Å². The Labute approximate surface area is 172 Å². The zero-order chi connectivity index (χ0) is 23.7. The predicted molar refractivity (Wildman–Crippen MR) is 101 cm³/mol. The van der Waals surface area contributed by atoms with E-state index < -0.39 is 32.0 Å². The number of aryl methyl sites for hydroxylation is 1. The number of nitrogens with one attached hydrogen (secondary N) is 2. The lowest BCUT2D eigenvalue weighted by atomic mass is 10.2. The lowest BCUT2D eigenvalue weighted by Gasteiger charge is -2.15. The lowest BCUT2D eigenvalue weighted by Crippen LogP contribution is -2.19. The van der Waals surface area contributed by atoms with E-state index in [1.54, 1.807) is 0 Å². The number of fused-ring (bicyclic) bond motifs is 1. The SMILES string of the molecule is [2H]C([2H])([2H])NC(=O)c1cnc(Cl)cc1Nc1ncc2cnn(CCC(F)(F)F)c2c1OC. The van der Waals surface area contributed by atoms with Gasteiger partial charge >= 0.3 is 6.18 Å². The number of aromatic nitrogens is 4. The van der Waals surface area contributed by atoms with Crippen molar-refractivity contribution in [1.82, 2.24) is 25.1 Å². The fraction of sp³-hybridized carbons (Fsp3) is 0.294. The Hall–Kier alpha value is -3.08. The van der Waals surface area contributed by atoms with Gasteiger partial charge in [-0.1, -0.05) is 11.6 Å². The Morgan fingerprint density at radius 3 is 2.83 bits per heavy atom. The number of ether oxygens (including phenoxy) is 1. The van der Waals surface area contributed by atoms with Gasteiger partial charge in [-0.25, -0.2) is 9.97 Å². The van der Waals surface area contributed by atoms with E-state index in [9.17, 15) is 18.0 Å². The van der Waals surface area contributed by atoms with Gasteiger partial charge in [0, 0.05) is 28.9 Å². The number of rotatable bonds is 6. The first-order chi connectivity index (χ1) is 14.9. The number of hydrogen-bond donors (Lipinski definition) is 2. The van der Waals surface area contributed by atoms with E-state index in [0.717, 1.165) is 10.9 Å². The van der Waals surface area contributed by atoms with Gasteiger partial charge in [0.05, 0.1) is 37.5 Å². The van der Waals surface area contributed by atoms with Crippen molar-refractivity contribution in [2.75, 3.05) is 19.4 Å². The number of pyridine rings is 2. The second-order valence-corrected chi connectivity index (χ2v) is 6.20. The van der Waals surface area contributed by atoms with Crippen molar-refractivity contribution >= 4 is 39.9 Å². The smallest absolute Gasteiger partial charge is 0.390 e. The molecule has 154 valence electrons. The molecule has 0 aliphatic rings. The molecule has 0 atom stereocenters. The van der Waals surface area contributed by atoms with Crippen molar-refractivity contribution < 1.29 is 26.8 Å². The van der Waals surface area contributed by atoms with E-state index >= 15 is 0 Å². The molecule has 0 aliphatic carbocycles.